The molecule has 1 aromatic carbocycles. The van der Waals surface area contributed by atoms with Crippen LogP contribution in [0.3, 0.4) is 0 Å². The molecule has 96 valence electrons. The minimum Gasteiger partial charge on any atom is -0.339 e. The summed E-state index contributed by atoms with van der Waals surface area (Å²) in [7, 11) is 1.66. The van der Waals surface area contributed by atoms with E-state index in [1.54, 1.807) is 20.0 Å². The standard InChI is InChI=1S/C13H12BrN5/c1-9-16-12(7-13(17-9)19(2)8-15)18-11-6-4-3-5-10(11)14/h3-7H,1-2H3,(H,16,17,18). The van der Waals surface area contributed by atoms with Gasteiger partial charge in [0, 0.05) is 17.6 Å². The maximum absolute atomic E-state index is 8.89. The van der Waals surface area contributed by atoms with E-state index in [4.69, 9.17) is 5.26 Å². The van der Waals surface area contributed by atoms with Crippen LogP contribution in [0.2, 0.25) is 0 Å². The molecule has 1 aromatic heterocycles. The number of aromatic nitrogens is 2. The molecule has 19 heavy (non-hydrogen) atoms. The van der Waals surface area contributed by atoms with E-state index in [1.165, 1.54) is 4.90 Å². The molecule has 0 amide bonds. The van der Waals surface area contributed by atoms with Crippen molar-refractivity contribution in [2.75, 3.05) is 17.3 Å². The van der Waals surface area contributed by atoms with Crippen molar-refractivity contribution in [3.63, 3.8) is 0 Å². The predicted molar refractivity (Wildman–Crippen MR) is 78.2 cm³/mol. The van der Waals surface area contributed by atoms with E-state index in [0.29, 0.717) is 17.5 Å². The van der Waals surface area contributed by atoms with Gasteiger partial charge < -0.3 is 5.32 Å². The highest BCUT2D eigenvalue weighted by Crippen LogP contribution is 2.25. The van der Waals surface area contributed by atoms with Crippen molar-refractivity contribution in [3.05, 3.63) is 40.6 Å². The largest absolute Gasteiger partial charge is 0.339 e. The third kappa shape index (κ3) is 3.20. The Bertz CT molecular complexity index is 635. The number of anilines is 3. The fourth-order valence-electron chi connectivity index (χ4n) is 1.54. The zero-order chi connectivity index (χ0) is 13.8. The van der Waals surface area contributed by atoms with E-state index in [-0.39, 0.29) is 0 Å². The second-order valence-electron chi connectivity index (χ2n) is 3.92. The van der Waals surface area contributed by atoms with Crippen LogP contribution in [0.25, 0.3) is 0 Å². The Morgan fingerprint density at radius 1 is 1.32 bits per heavy atom. The van der Waals surface area contributed by atoms with E-state index < -0.39 is 0 Å². The molecule has 6 heteroatoms. The number of para-hydroxylation sites is 1. The molecule has 0 aliphatic carbocycles. The lowest BCUT2D eigenvalue weighted by atomic mass is 10.3. The van der Waals surface area contributed by atoms with Gasteiger partial charge in [-0.15, -0.1) is 0 Å². The van der Waals surface area contributed by atoms with Crippen molar-refractivity contribution in [1.29, 1.82) is 5.26 Å². The number of hydrogen-bond donors (Lipinski definition) is 1. The molecular formula is C13H12BrN5. The first kappa shape index (κ1) is 13.3. The molecule has 0 unspecified atom stereocenters. The summed E-state index contributed by atoms with van der Waals surface area (Å²) >= 11 is 3.46. The van der Waals surface area contributed by atoms with Crippen LogP contribution in [0.15, 0.2) is 34.8 Å². The van der Waals surface area contributed by atoms with Crippen LogP contribution < -0.4 is 10.2 Å². The first-order valence-corrected chi connectivity index (χ1v) is 6.40. The monoisotopic (exact) mass is 317 g/mol. The number of rotatable bonds is 3. The third-order valence-electron chi connectivity index (χ3n) is 2.45. The normalized spacial score (nSPS) is 9.79. The van der Waals surface area contributed by atoms with Gasteiger partial charge in [0.1, 0.15) is 17.5 Å². The average Bonchev–Trinajstić information content (AvgIpc) is 2.40. The molecule has 0 atom stereocenters. The van der Waals surface area contributed by atoms with Gasteiger partial charge in [0.15, 0.2) is 6.19 Å². The smallest absolute Gasteiger partial charge is 0.185 e. The molecule has 0 bridgehead atoms. The summed E-state index contributed by atoms with van der Waals surface area (Å²) in [5.74, 6) is 1.82. The van der Waals surface area contributed by atoms with Crippen molar-refractivity contribution in [3.8, 4) is 6.19 Å². The number of nitrogens with zero attached hydrogens (tertiary/aromatic N) is 4. The average molecular weight is 318 g/mol. The van der Waals surface area contributed by atoms with Gasteiger partial charge in [0.25, 0.3) is 0 Å². The molecular weight excluding hydrogens is 306 g/mol. The zero-order valence-corrected chi connectivity index (χ0v) is 12.1. The van der Waals surface area contributed by atoms with E-state index in [1.807, 2.05) is 30.5 Å². The molecule has 1 N–H and O–H groups in total. The highest BCUT2D eigenvalue weighted by atomic mass is 79.9. The fourth-order valence-corrected chi connectivity index (χ4v) is 1.92. The van der Waals surface area contributed by atoms with Crippen molar-refractivity contribution in [1.82, 2.24) is 9.97 Å². The predicted octanol–water partition coefficient (Wildman–Crippen LogP) is 3.21. The summed E-state index contributed by atoms with van der Waals surface area (Å²) in [5.41, 5.74) is 0.908. The second-order valence-corrected chi connectivity index (χ2v) is 4.78. The molecule has 0 radical (unpaired) electrons. The van der Waals surface area contributed by atoms with Crippen LogP contribution in [-0.2, 0) is 0 Å². The van der Waals surface area contributed by atoms with E-state index in [2.05, 4.69) is 31.2 Å². The minimum atomic E-state index is 0.560. The maximum Gasteiger partial charge on any atom is 0.185 e. The Kier molecular flexibility index (Phi) is 3.97. The third-order valence-corrected chi connectivity index (χ3v) is 3.15. The first-order valence-electron chi connectivity index (χ1n) is 5.61. The van der Waals surface area contributed by atoms with Crippen molar-refractivity contribution < 1.29 is 0 Å². The molecule has 0 aliphatic rings. The quantitative estimate of drug-likeness (QED) is 0.695. The zero-order valence-electron chi connectivity index (χ0n) is 10.6. The lowest BCUT2D eigenvalue weighted by Crippen LogP contribution is -2.12. The molecule has 2 aromatic rings. The molecule has 2 rings (SSSR count). The van der Waals surface area contributed by atoms with Crippen molar-refractivity contribution in [2.45, 2.75) is 6.92 Å². The molecule has 5 nitrogen and oxygen atoms in total. The number of aryl methyl sites for hydroxylation is 1. The number of benzene rings is 1. The van der Waals surface area contributed by atoms with Crippen LogP contribution in [0.4, 0.5) is 17.3 Å². The van der Waals surface area contributed by atoms with Crippen LogP contribution in [0.1, 0.15) is 5.82 Å². The Morgan fingerprint density at radius 3 is 2.74 bits per heavy atom. The van der Waals surface area contributed by atoms with Crippen LogP contribution in [-0.4, -0.2) is 17.0 Å². The Balaban J connectivity index is 2.34. The van der Waals surface area contributed by atoms with Gasteiger partial charge in [0.2, 0.25) is 0 Å². The van der Waals surface area contributed by atoms with Gasteiger partial charge in [-0.25, -0.2) is 9.97 Å². The van der Waals surface area contributed by atoms with Gasteiger partial charge in [-0.1, -0.05) is 12.1 Å². The highest BCUT2D eigenvalue weighted by molar-refractivity contribution is 9.10. The Labute approximate surface area is 120 Å². The number of nitriles is 1. The van der Waals surface area contributed by atoms with Crippen LogP contribution in [0, 0.1) is 18.4 Å². The first-order chi connectivity index (χ1) is 9.10. The van der Waals surface area contributed by atoms with E-state index in [0.717, 1.165) is 10.2 Å². The van der Waals surface area contributed by atoms with Crippen LogP contribution in [0.5, 0.6) is 0 Å². The number of halogens is 1. The molecule has 0 fully saturated rings. The van der Waals surface area contributed by atoms with E-state index >= 15 is 0 Å². The molecule has 0 spiro atoms. The SMILES string of the molecule is Cc1nc(Nc2ccccc2Br)cc(N(C)C#N)n1. The summed E-state index contributed by atoms with van der Waals surface area (Å²) in [6.45, 7) is 1.79. The molecule has 0 saturated heterocycles. The van der Waals surface area contributed by atoms with Gasteiger partial charge in [-0.2, -0.15) is 5.26 Å². The lowest BCUT2D eigenvalue weighted by molar-refractivity contribution is 1.02. The molecule has 0 aliphatic heterocycles. The van der Waals surface area contributed by atoms with Gasteiger partial charge in [-0.05, 0) is 35.0 Å². The van der Waals surface area contributed by atoms with Crippen molar-refractivity contribution >= 4 is 33.3 Å². The topological polar surface area (TPSA) is 64.8 Å². The minimum absolute atomic E-state index is 0.560. The van der Waals surface area contributed by atoms with Gasteiger partial charge >= 0.3 is 0 Å². The maximum atomic E-state index is 8.89. The lowest BCUT2D eigenvalue weighted by Gasteiger charge is -2.12. The fraction of sp³-hybridized carbons (Fsp3) is 0.154. The van der Waals surface area contributed by atoms with Gasteiger partial charge in [-0.3, -0.25) is 4.90 Å². The summed E-state index contributed by atoms with van der Waals surface area (Å²) in [5, 5.41) is 12.1. The Morgan fingerprint density at radius 2 is 2.05 bits per heavy atom. The number of nitrogens with one attached hydrogen (secondary N) is 1. The van der Waals surface area contributed by atoms with Crippen molar-refractivity contribution in [2.24, 2.45) is 0 Å². The summed E-state index contributed by atoms with van der Waals surface area (Å²) < 4.78 is 0.946. The second kappa shape index (κ2) is 5.67. The summed E-state index contributed by atoms with van der Waals surface area (Å²) in [6, 6.07) is 9.49. The highest BCUT2D eigenvalue weighted by Gasteiger charge is 2.07. The van der Waals surface area contributed by atoms with Gasteiger partial charge in [0.05, 0.1) is 5.69 Å². The summed E-state index contributed by atoms with van der Waals surface area (Å²) in [4.78, 5) is 9.91. The van der Waals surface area contributed by atoms with Crippen LogP contribution >= 0.6 is 15.9 Å². The summed E-state index contributed by atoms with van der Waals surface area (Å²) in [6.07, 6.45) is 2.02. The molecule has 1 heterocycles. The van der Waals surface area contributed by atoms with E-state index in [9.17, 15) is 0 Å². The number of hydrogen-bond acceptors (Lipinski definition) is 5. The molecule has 0 saturated carbocycles. The Hall–Kier alpha value is -2.13.